The summed E-state index contributed by atoms with van der Waals surface area (Å²) in [6, 6.07) is 11.0. The average Bonchev–Trinajstić information content (AvgIpc) is 3.23. The van der Waals surface area contributed by atoms with Gasteiger partial charge in [-0.2, -0.15) is 0 Å². The van der Waals surface area contributed by atoms with Gasteiger partial charge in [-0.25, -0.2) is 9.79 Å². The summed E-state index contributed by atoms with van der Waals surface area (Å²) in [6.45, 7) is 5.28. The SMILES string of the molecule is CCOC(=O)C1=C(C)N=c2s/c(=C/c3cc([N+](=O)[O-])ccc3N3CCCCC3)c(=O)n2[C@H]1c1ccccc1Cl. The number of non-ortho nitro benzene ring substituents is 1. The molecule has 2 aliphatic heterocycles. The molecular weight excluding hydrogens is 540 g/mol. The lowest BCUT2D eigenvalue weighted by atomic mass is 9.96. The van der Waals surface area contributed by atoms with Crippen molar-refractivity contribution in [2.45, 2.75) is 39.2 Å². The molecule has 202 valence electrons. The maximum absolute atomic E-state index is 14.0. The smallest absolute Gasteiger partial charge is 0.338 e. The van der Waals surface area contributed by atoms with Crippen LogP contribution in [0.15, 0.2) is 63.5 Å². The predicted octanol–water partition coefficient (Wildman–Crippen LogP) is 4.35. The molecule has 2 aliphatic rings. The zero-order valence-electron chi connectivity index (χ0n) is 21.6. The zero-order valence-corrected chi connectivity index (χ0v) is 23.1. The molecule has 0 spiro atoms. The van der Waals surface area contributed by atoms with Crippen molar-refractivity contribution in [1.82, 2.24) is 4.57 Å². The summed E-state index contributed by atoms with van der Waals surface area (Å²) in [5.41, 5.74) is 2.28. The quantitative estimate of drug-likeness (QED) is 0.249. The van der Waals surface area contributed by atoms with Gasteiger partial charge in [-0.05, 0) is 56.9 Å². The van der Waals surface area contributed by atoms with E-state index in [0.717, 1.165) is 38.0 Å². The molecule has 11 heteroatoms. The number of hydrogen-bond donors (Lipinski definition) is 0. The largest absolute Gasteiger partial charge is 0.463 e. The first-order valence-corrected chi connectivity index (χ1v) is 14.0. The highest BCUT2D eigenvalue weighted by molar-refractivity contribution is 7.07. The van der Waals surface area contributed by atoms with Crippen molar-refractivity contribution < 1.29 is 14.5 Å². The van der Waals surface area contributed by atoms with Gasteiger partial charge in [0.2, 0.25) is 0 Å². The van der Waals surface area contributed by atoms with Gasteiger partial charge in [0, 0.05) is 41.5 Å². The standard InChI is InChI=1S/C28H27ClN4O5S/c1-3-38-27(35)24-17(2)30-28-32(25(24)20-9-5-6-10-21(20)29)26(34)23(39-28)16-18-15-19(33(36)37)11-12-22(18)31-13-7-4-8-14-31/h5-6,9-12,15-16,25H,3-4,7-8,13-14H2,1-2H3/b23-16+/t25-/m0/s1. The van der Waals surface area contributed by atoms with Crippen LogP contribution in [0.1, 0.15) is 50.3 Å². The number of anilines is 1. The molecule has 1 aromatic heterocycles. The number of ether oxygens (including phenoxy) is 1. The number of aromatic nitrogens is 1. The molecule has 3 aromatic rings. The van der Waals surface area contributed by atoms with E-state index in [2.05, 4.69) is 9.89 Å². The Morgan fingerprint density at radius 2 is 1.97 bits per heavy atom. The predicted molar refractivity (Wildman–Crippen MR) is 151 cm³/mol. The molecule has 5 rings (SSSR count). The highest BCUT2D eigenvalue weighted by atomic mass is 35.5. The lowest BCUT2D eigenvalue weighted by Gasteiger charge is -2.30. The van der Waals surface area contributed by atoms with E-state index < -0.39 is 16.9 Å². The van der Waals surface area contributed by atoms with Gasteiger partial charge in [0.15, 0.2) is 4.80 Å². The molecular formula is C28H27ClN4O5S. The summed E-state index contributed by atoms with van der Waals surface area (Å²) in [6.07, 6.45) is 4.90. The molecule has 0 unspecified atom stereocenters. The summed E-state index contributed by atoms with van der Waals surface area (Å²) < 4.78 is 7.15. The molecule has 0 radical (unpaired) electrons. The van der Waals surface area contributed by atoms with Crippen LogP contribution < -0.4 is 19.8 Å². The molecule has 1 atom stereocenters. The van der Waals surface area contributed by atoms with E-state index in [1.165, 1.54) is 28.0 Å². The van der Waals surface area contributed by atoms with Crippen LogP contribution in [0.5, 0.6) is 0 Å². The Kier molecular flexibility index (Phi) is 7.67. The van der Waals surface area contributed by atoms with Crippen molar-refractivity contribution in [1.29, 1.82) is 0 Å². The minimum absolute atomic E-state index is 0.0517. The van der Waals surface area contributed by atoms with Gasteiger partial charge in [0.05, 0.1) is 27.3 Å². The second-order valence-electron chi connectivity index (χ2n) is 9.37. The van der Waals surface area contributed by atoms with E-state index in [4.69, 9.17) is 16.3 Å². The Bertz CT molecular complexity index is 1670. The molecule has 3 heterocycles. The van der Waals surface area contributed by atoms with Gasteiger partial charge in [-0.1, -0.05) is 41.1 Å². The Labute approximate surface area is 233 Å². The van der Waals surface area contributed by atoms with Crippen LogP contribution in [-0.4, -0.2) is 35.2 Å². The minimum atomic E-state index is -0.831. The Hall–Kier alpha value is -3.76. The number of esters is 1. The molecule has 0 N–H and O–H groups in total. The number of nitro benzene ring substituents is 1. The number of carbonyl (C=O) groups is 1. The number of halogens is 1. The van der Waals surface area contributed by atoms with E-state index >= 15 is 0 Å². The van der Waals surface area contributed by atoms with E-state index in [-0.39, 0.29) is 23.4 Å². The summed E-state index contributed by atoms with van der Waals surface area (Å²) in [5, 5.41) is 12.0. The second-order valence-corrected chi connectivity index (χ2v) is 10.8. The van der Waals surface area contributed by atoms with Gasteiger partial charge in [0.1, 0.15) is 6.04 Å². The zero-order chi connectivity index (χ0) is 27.7. The van der Waals surface area contributed by atoms with E-state index in [1.807, 2.05) is 0 Å². The topological polar surface area (TPSA) is 107 Å². The number of carbonyl (C=O) groups excluding carboxylic acids is 1. The van der Waals surface area contributed by atoms with Crippen molar-refractivity contribution in [3.8, 4) is 0 Å². The highest BCUT2D eigenvalue weighted by Crippen LogP contribution is 2.34. The van der Waals surface area contributed by atoms with Gasteiger partial charge in [-0.3, -0.25) is 19.5 Å². The van der Waals surface area contributed by atoms with Gasteiger partial charge >= 0.3 is 5.97 Å². The molecule has 0 aliphatic carbocycles. The van der Waals surface area contributed by atoms with E-state index in [0.29, 0.717) is 31.2 Å². The summed E-state index contributed by atoms with van der Waals surface area (Å²) >= 11 is 7.74. The van der Waals surface area contributed by atoms with E-state index in [9.17, 15) is 19.7 Å². The summed E-state index contributed by atoms with van der Waals surface area (Å²) in [7, 11) is 0. The lowest BCUT2D eigenvalue weighted by Crippen LogP contribution is -2.40. The molecule has 1 saturated heterocycles. The van der Waals surface area contributed by atoms with E-state index in [1.54, 1.807) is 50.3 Å². The van der Waals surface area contributed by atoms with Gasteiger partial charge in [-0.15, -0.1) is 0 Å². The maximum atomic E-state index is 14.0. The number of benzene rings is 2. The van der Waals surface area contributed by atoms with Crippen LogP contribution in [0.25, 0.3) is 6.08 Å². The first-order valence-electron chi connectivity index (χ1n) is 12.8. The molecule has 0 amide bonds. The van der Waals surface area contributed by atoms with Crippen molar-refractivity contribution in [3.05, 3.63) is 99.7 Å². The van der Waals surface area contributed by atoms with Crippen LogP contribution in [0, 0.1) is 10.1 Å². The monoisotopic (exact) mass is 566 g/mol. The number of nitro groups is 1. The average molecular weight is 567 g/mol. The molecule has 0 saturated carbocycles. The van der Waals surface area contributed by atoms with Crippen molar-refractivity contribution in [2.24, 2.45) is 4.99 Å². The molecule has 9 nitrogen and oxygen atoms in total. The van der Waals surface area contributed by atoms with Crippen LogP contribution >= 0.6 is 22.9 Å². The van der Waals surface area contributed by atoms with Crippen molar-refractivity contribution in [3.63, 3.8) is 0 Å². The van der Waals surface area contributed by atoms with Crippen molar-refractivity contribution >= 4 is 46.4 Å². The highest BCUT2D eigenvalue weighted by Gasteiger charge is 2.34. The Morgan fingerprint density at radius 1 is 1.23 bits per heavy atom. The van der Waals surface area contributed by atoms with Crippen LogP contribution in [-0.2, 0) is 9.53 Å². The molecule has 2 aromatic carbocycles. The van der Waals surface area contributed by atoms with Crippen LogP contribution in [0.3, 0.4) is 0 Å². The van der Waals surface area contributed by atoms with Crippen LogP contribution in [0.4, 0.5) is 11.4 Å². The number of piperidine rings is 1. The number of fused-ring (bicyclic) bond motifs is 1. The third-order valence-corrected chi connectivity index (χ3v) is 8.25. The summed E-state index contributed by atoms with van der Waals surface area (Å²) in [5.74, 6) is -0.566. The third-order valence-electron chi connectivity index (χ3n) is 6.92. The van der Waals surface area contributed by atoms with Gasteiger partial charge < -0.3 is 9.64 Å². The second kappa shape index (κ2) is 11.2. The fourth-order valence-electron chi connectivity index (χ4n) is 5.12. The lowest BCUT2D eigenvalue weighted by molar-refractivity contribution is -0.384. The van der Waals surface area contributed by atoms with Gasteiger partial charge in [0.25, 0.3) is 11.2 Å². The van der Waals surface area contributed by atoms with Crippen LogP contribution in [0.2, 0.25) is 5.02 Å². The normalized spacial score (nSPS) is 17.6. The first-order chi connectivity index (χ1) is 18.8. The number of rotatable bonds is 6. The third kappa shape index (κ3) is 5.14. The molecule has 1 fully saturated rings. The Morgan fingerprint density at radius 3 is 2.67 bits per heavy atom. The Balaban J connectivity index is 1.73. The maximum Gasteiger partial charge on any atom is 0.338 e. The minimum Gasteiger partial charge on any atom is -0.463 e. The number of nitrogens with zero attached hydrogens (tertiary/aromatic N) is 4. The number of thiazole rings is 1. The summed E-state index contributed by atoms with van der Waals surface area (Å²) in [4.78, 5) is 45.4. The number of allylic oxidation sites excluding steroid dienone is 1. The fraction of sp³-hybridized carbons (Fsp3) is 0.321. The molecule has 39 heavy (non-hydrogen) atoms. The first kappa shape index (κ1) is 26.8. The number of hydrogen-bond acceptors (Lipinski definition) is 8. The van der Waals surface area contributed by atoms with Crippen molar-refractivity contribution in [2.75, 3.05) is 24.6 Å². The fourth-order valence-corrected chi connectivity index (χ4v) is 6.39. The molecule has 0 bridgehead atoms.